The van der Waals surface area contributed by atoms with E-state index in [0.717, 1.165) is 16.7 Å². The van der Waals surface area contributed by atoms with Gasteiger partial charge in [-0.15, -0.1) is 6.58 Å². The van der Waals surface area contributed by atoms with E-state index in [1.165, 1.54) is 5.56 Å². The highest BCUT2D eigenvalue weighted by atomic mass is 16.2. The van der Waals surface area contributed by atoms with E-state index in [4.69, 9.17) is 0 Å². The van der Waals surface area contributed by atoms with E-state index >= 15 is 0 Å². The summed E-state index contributed by atoms with van der Waals surface area (Å²) in [5.41, 5.74) is 4.31. The third-order valence-corrected chi connectivity index (χ3v) is 6.12. The van der Waals surface area contributed by atoms with Gasteiger partial charge in [0.25, 0.3) is 5.91 Å². The molecule has 164 valence electrons. The summed E-state index contributed by atoms with van der Waals surface area (Å²) < 4.78 is 0. The minimum atomic E-state index is -0.690. The van der Waals surface area contributed by atoms with Crippen LogP contribution >= 0.6 is 0 Å². The minimum absolute atomic E-state index is 0.0435. The van der Waals surface area contributed by atoms with Crippen molar-refractivity contribution in [2.24, 2.45) is 5.41 Å². The quantitative estimate of drug-likeness (QED) is 0.563. The number of amides is 2. The molecule has 2 amide bonds. The summed E-state index contributed by atoms with van der Waals surface area (Å²) in [4.78, 5) is 27.9. The molecule has 2 aromatic carbocycles. The van der Waals surface area contributed by atoms with E-state index in [1.54, 1.807) is 23.2 Å². The van der Waals surface area contributed by atoms with Crippen molar-refractivity contribution in [3.63, 3.8) is 0 Å². The molecule has 0 unspecified atom stereocenters. The number of hydrogen-bond donors (Lipinski definition) is 2. The Balaban J connectivity index is 1.60. The predicted molar refractivity (Wildman–Crippen MR) is 125 cm³/mol. The van der Waals surface area contributed by atoms with Crippen LogP contribution in [0.4, 0.5) is 0 Å². The third kappa shape index (κ3) is 4.49. The fourth-order valence-corrected chi connectivity index (χ4v) is 4.35. The van der Waals surface area contributed by atoms with Crippen molar-refractivity contribution >= 4 is 11.8 Å². The molecule has 0 bridgehead atoms. The Kier molecular flexibility index (Phi) is 6.21. The largest absolute Gasteiger partial charge is 0.352 e. The Morgan fingerprint density at radius 2 is 2.00 bits per heavy atom. The van der Waals surface area contributed by atoms with Gasteiger partial charge in [-0.25, -0.2) is 0 Å². The number of hydrogen-bond acceptors (Lipinski definition) is 3. The van der Waals surface area contributed by atoms with Crippen LogP contribution in [0.2, 0.25) is 0 Å². The lowest BCUT2D eigenvalue weighted by Gasteiger charge is -2.28. The van der Waals surface area contributed by atoms with Crippen LogP contribution < -0.4 is 5.32 Å². The third-order valence-electron chi connectivity index (χ3n) is 6.12. The number of aromatic amines is 1. The monoisotopic (exact) mass is 428 g/mol. The van der Waals surface area contributed by atoms with Crippen LogP contribution in [0.1, 0.15) is 28.0 Å². The van der Waals surface area contributed by atoms with Gasteiger partial charge in [-0.1, -0.05) is 60.2 Å². The number of nitrogens with one attached hydrogen (secondary N) is 2. The summed E-state index contributed by atoms with van der Waals surface area (Å²) >= 11 is 0. The van der Waals surface area contributed by atoms with E-state index in [2.05, 4.69) is 71.5 Å². The fourth-order valence-electron chi connectivity index (χ4n) is 4.35. The average molecular weight is 429 g/mol. The number of aromatic nitrogens is 2. The number of H-pyrrole nitrogens is 1. The highest BCUT2D eigenvalue weighted by Gasteiger charge is 2.46. The maximum Gasteiger partial charge on any atom is 0.271 e. The van der Waals surface area contributed by atoms with E-state index < -0.39 is 5.41 Å². The summed E-state index contributed by atoms with van der Waals surface area (Å²) in [6.45, 7) is 7.07. The standard InChI is InChI=1S/C26H28N4O2/c1-3-13-27-25(32)26(12-15-30(18-26)24(31)23-11-14-28-29-23)17-20-5-4-6-22(16-20)21-9-7-19(2)8-10-21/h3-11,14,16H,1,12-13,15,17-18H2,2H3,(H,27,32)(H,28,29)/t26-/m1/s1. The molecule has 1 atom stereocenters. The topological polar surface area (TPSA) is 78.1 Å². The van der Waals surface area contributed by atoms with Gasteiger partial charge in [-0.2, -0.15) is 5.10 Å². The predicted octanol–water partition coefficient (Wildman–Crippen LogP) is 3.76. The number of nitrogens with zero attached hydrogens (tertiary/aromatic N) is 2. The van der Waals surface area contributed by atoms with Gasteiger partial charge in [0.2, 0.25) is 5.91 Å². The second-order valence-electron chi connectivity index (χ2n) is 8.47. The molecule has 2 heterocycles. The summed E-state index contributed by atoms with van der Waals surface area (Å²) in [5.74, 6) is -0.174. The van der Waals surface area contributed by atoms with Gasteiger partial charge in [0.05, 0.1) is 5.41 Å². The van der Waals surface area contributed by atoms with E-state index in [9.17, 15) is 9.59 Å². The van der Waals surface area contributed by atoms with E-state index in [1.807, 2.05) is 6.07 Å². The number of benzene rings is 2. The first-order valence-electron chi connectivity index (χ1n) is 10.8. The van der Waals surface area contributed by atoms with Gasteiger partial charge in [0.15, 0.2) is 0 Å². The molecule has 1 aromatic heterocycles. The van der Waals surface area contributed by atoms with Gasteiger partial charge < -0.3 is 10.2 Å². The van der Waals surface area contributed by atoms with Crippen molar-refractivity contribution in [2.75, 3.05) is 19.6 Å². The molecule has 6 nitrogen and oxygen atoms in total. The first kappa shape index (κ1) is 21.6. The highest BCUT2D eigenvalue weighted by molar-refractivity contribution is 5.93. The van der Waals surface area contributed by atoms with Gasteiger partial charge in [-0.3, -0.25) is 14.7 Å². The molecule has 0 saturated carbocycles. The number of aryl methyl sites for hydroxylation is 1. The van der Waals surface area contributed by atoms with Crippen LogP contribution in [-0.4, -0.2) is 46.5 Å². The zero-order valence-electron chi connectivity index (χ0n) is 18.3. The van der Waals surface area contributed by atoms with Crippen LogP contribution in [0.15, 0.2) is 73.4 Å². The van der Waals surface area contributed by atoms with Crippen molar-refractivity contribution in [3.8, 4) is 11.1 Å². The van der Waals surface area contributed by atoms with Gasteiger partial charge in [-0.05, 0) is 42.5 Å². The van der Waals surface area contributed by atoms with Crippen LogP contribution in [0.25, 0.3) is 11.1 Å². The lowest BCUT2D eigenvalue weighted by Crippen LogP contribution is -2.45. The Hall–Kier alpha value is -3.67. The molecular weight excluding hydrogens is 400 g/mol. The van der Waals surface area contributed by atoms with Crippen molar-refractivity contribution in [1.82, 2.24) is 20.4 Å². The smallest absolute Gasteiger partial charge is 0.271 e. The molecule has 1 fully saturated rings. The number of rotatable bonds is 7. The van der Waals surface area contributed by atoms with Crippen molar-refractivity contribution in [3.05, 3.63) is 90.3 Å². The molecule has 1 saturated heterocycles. The summed E-state index contributed by atoms with van der Waals surface area (Å²) in [6.07, 6.45) is 4.39. The zero-order valence-corrected chi connectivity index (χ0v) is 18.3. The first-order chi connectivity index (χ1) is 15.5. The van der Waals surface area contributed by atoms with Crippen LogP contribution in [-0.2, 0) is 11.2 Å². The molecule has 1 aliphatic rings. The van der Waals surface area contributed by atoms with Gasteiger partial charge in [0, 0.05) is 25.8 Å². The Bertz CT molecular complexity index is 1110. The molecule has 6 heteroatoms. The van der Waals surface area contributed by atoms with Crippen molar-refractivity contribution in [2.45, 2.75) is 19.8 Å². The second-order valence-corrected chi connectivity index (χ2v) is 8.47. The molecule has 4 rings (SSSR count). The molecular formula is C26H28N4O2. The lowest BCUT2D eigenvalue weighted by molar-refractivity contribution is -0.130. The number of carbonyl (C=O) groups is 2. The summed E-state index contributed by atoms with van der Waals surface area (Å²) in [6, 6.07) is 18.4. The first-order valence-corrected chi connectivity index (χ1v) is 10.8. The summed E-state index contributed by atoms with van der Waals surface area (Å²) in [5, 5.41) is 9.57. The van der Waals surface area contributed by atoms with Crippen LogP contribution in [0.5, 0.6) is 0 Å². The Labute approximate surface area is 188 Å². The number of likely N-dealkylation sites (tertiary alicyclic amines) is 1. The van der Waals surface area contributed by atoms with E-state index in [-0.39, 0.29) is 11.8 Å². The lowest BCUT2D eigenvalue weighted by atomic mass is 9.79. The SMILES string of the molecule is C=CCNC(=O)[C@@]1(Cc2cccc(-c3ccc(C)cc3)c2)CCN(C(=O)c2ccn[nH]2)C1. The van der Waals surface area contributed by atoms with Gasteiger partial charge >= 0.3 is 0 Å². The molecule has 2 N–H and O–H groups in total. The van der Waals surface area contributed by atoms with Crippen LogP contribution in [0.3, 0.4) is 0 Å². The molecule has 3 aromatic rings. The van der Waals surface area contributed by atoms with E-state index in [0.29, 0.717) is 38.2 Å². The van der Waals surface area contributed by atoms with Crippen molar-refractivity contribution < 1.29 is 9.59 Å². The minimum Gasteiger partial charge on any atom is -0.352 e. The second kappa shape index (κ2) is 9.22. The molecule has 0 spiro atoms. The summed E-state index contributed by atoms with van der Waals surface area (Å²) in [7, 11) is 0. The van der Waals surface area contributed by atoms with Crippen molar-refractivity contribution in [1.29, 1.82) is 0 Å². The van der Waals surface area contributed by atoms with Crippen LogP contribution in [0, 0.1) is 12.3 Å². The molecule has 32 heavy (non-hydrogen) atoms. The molecule has 0 radical (unpaired) electrons. The molecule has 1 aliphatic heterocycles. The zero-order chi connectivity index (χ0) is 22.6. The Morgan fingerprint density at radius 1 is 1.19 bits per heavy atom. The number of carbonyl (C=O) groups excluding carboxylic acids is 2. The highest BCUT2D eigenvalue weighted by Crippen LogP contribution is 2.36. The Morgan fingerprint density at radius 3 is 2.72 bits per heavy atom. The fraction of sp³-hybridized carbons (Fsp3) is 0.269. The maximum atomic E-state index is 13.3. The van der Waals surface area contributed by atoms with Gasteiger partial charge in [0.1, 0.15) is 5.69 Å². The average Bonchev–Trinajstić information content (AvgIpc) is 3.49. The maximum absolute atomic E-state index is 13.3. The normalized spacial score (nSPS) is 17.8. The molecule has 0 aliphatic carbocycles.